The second-order valence-electron chi connectivity index (χ2n) is 5.51. The number of sulfonamides is 1. The smallest absolute Gasteiger partial charge is 0.262 e. The van der Waals surface area contributed by atoms with Crippen LogP contribution >= 0.6 is 0 Å². The van der Waals surface area contributed by atoms with Crippen molar-refractivity contribution in [1.29, 1.82) is 0 Å². The summed E-state index contributed by atoms with van der Waals surface area (Å²) in [6.45, 7) is 0.310. The van der Waals surface area contributed by atoms with Gasteiger partial charge in [0.25, 0.3) is 15.9 Å². The first-order valence-electron chi connectivity index (χ1n) is 7.90. The fourth-order valence-corrected chi connectivity index (χ4v) is 3.64. The van der Waals surface area contributed by atoms with Gasteiger partial charge in [-0.1, -0.05) is 42.5 Å². The van der Waals surface area contributed by atoms with E-state index < -0.39 is 15.9 Å². The summed E-state index contributed by atoms with van der Waals surface area (Å²) in [5, 5.41) is 2.75. The quantitative estimate of drug-likeness (QED) is 0.701. The number of aromatic nitrogens is 1. The number of pyridine rings is 1. The normalized spacial score (nSPS) is 10.9. The number of hydrogen-bond acceptors (Lipinski definition) is 4. The van der Waals surface area contributed by atoms with Crippen LogP contribution in [-0.2, 0) is 16.6 Å². The van der Waals surface area contributed by atoms with Crippen molar-refractivity contribution < 1.29 is 13.2 Å². The Morgan fingerprint density at radius 1 is 0.923 bits per heavy atom. The molecule has 0 spiro atoms. The number of carbonyl (C=O) groups is 1. The standard InChI is InChI=1S/C19H17N3O3S/c23-19(21-13-15-7-2-1-3-8-15)17-10-4-5-11-18(17)26(24,25)22-16-9-6-12-20-14-16/h1-12,14,22H,13H2,(H,21,23). The fourth-order valence-electron chi connectivity index (χ4n) is 2.40. The SMILES string of the molecule is O=C(NCc1ccccc1)c1ccccc1S(=O)(=O)Nc1cccnc1. The molecule has 1 amide bonds. The third-order valence-electron chi connectivity index (χ3n) is 3.63. The predicted molar refractivity (Wildman–Crippen MR) is 99.1 cm³/mol. The van der Waals surface area contributed by atoms with Gasteiger partial charge < -0.3 is 5.32 Å². The molecule has 0 saturated carbocycles. The van der Waals surface area contributed by atoms with E-state index in [-0.39, 0.29) is 10.5 Å². The largest absolute Gasteiger partial charge is 0.348 e. The first-order valence-corrected chi connectivity index (χ1v) is 9.38. The molecule has 7 heteroatoms. The Kier molecular flexibility index (Phi) is 5.28. The summed E-state index contributed by atoms with van der Waals surface area (Å²) in [4.78, 5) is 16.3. The van der Waals surface area contributed by atoms with Crippen molar-refractivity contribution in [3.05, 3.63) is 90.3 Å². The average molecular weight is 367 g/mol. The van der Waals surface area contributed by atoms with Gasteiger partial charge in [0.2, 0.25) is 0 Å². The van der Waals surface area contributed by atoms with E-state index in [2.05, 4.69) is 15.0 Å². The Hall–Kier alpha value is -3.19. The molecule has 1 aromatic heterocycles. The molecule has 6 nitrogen and oxygen atoms in total. The molecule has 0 aliphatic heterocycles. The molecule has 0 atom stereocenters. The fraction of sp³-hybridized carbons (Fsp3) is 0.0526. The molecule has 0 aliphatic rings. The van der Waals surface area contributed by atoms with Gasteiger partial charge in [-0.05, 0) is 29.8 Å². The highest BCUT2D eigenvalue weighted by Crippen LogP contribution is 2.19. The van der Waals surface area contributed by atoms with E-state index in [4.69, 9.17) is 0 Å². The van der Waals surface area contributed by atoms with Crippen molar-refractivity contribution in [2.24, 2.45) is 0 Å². The number of amides is 1. The molecule has 2 aromatic carbocycles. The molecule has 0 bridgehead atoms. The number of hydrogen-bond donors (Lipinski definition) is 2. The molecule has 3 rings (SSSR count). The first-order chi connectivity index (χ1) is 12.6. The van der Waals surface area contributed by atoms with Gasteiger partial charge in [-0.3, -0.25) is 14.5 Å². The average Bonchev–Trinajstić information content (AvgIpc) is 2.67. The second-order valence-corrected chi connectivity index (χ2v) is 7.16. The van der Waals surface area contributed by atoms with Gasteiger partial charge in [0, 0.05) is 12.7 Å². The topological polar surface area (TPSA) is 88.2 Å². The molecule has 2 N–H and O–H groups in total. The summed E-state index contributed by atoms with van der Waals surface area (Å²) in [6.07, 6.45) is 2.94. The molecule has 132 valence electrons. The molecular formula is C19H17N3O3S. The number of anilines is 1. The molecule has 0 radical (unpaired) electrons. The minimum Gasteiger partial charge on any atom is -0.348 e. The summed E-state index contributed by atoms with van der Waals surface area (Å²) in [6, 6.07) is 18.7. The van der Waals surface area contributed by atoms with Crippen LogP contribution in [-0.4, -0.2) is 19.3 Å². The molecule has 26 heavy (non-hydrogen) atoms. The van der Waals surface area contributed by atoms with E-state index >= 15 is 0 Å². The Morgan fingerprint density at radius 3 is 2.38 bits per heavy atom. The van der Waals surface area contributed by atoms with E-state index in [1.165, 1.54) is 18.3 Å². The Morgan fingerprint density at radius 2 is 1.65 bits per heavy atom. The minimum absolute atomic E-state index is 0.0832. The zero-order chi connectivity index (χ0) is 18.4. The lowest BCUT2D eigenvalue weighted by Crippen LogP contribution is -2.26. The van der Waals surface area contributed by atoms with Crippen molar-refractivity contribution in [3.63, 3.8) is 0 Å². The zero-order valence-electron chi connectivity index (χ0n) is 13.8. The number of nitrogens with zero attached hydrogens (tertiary/aromatic N) is 1. The van der Waals surface area contributed by atoms with E-state index in [0.29, 0.717) is 12.2 Å². The Balaban J connectivity index is 1.82. The molecule has 0 saturated heterocycles. The summed E-state index contributed by atoms with van der Waals surface area (Å²) in [5.41, 5.74) is 1.33. The Bertz CT molecular complexity index is 991. The van der Waals surface area contributed by atoms with Crippen LogP contribution in [0.25, 0.3) is 0 Å². The highest BCUT2D eigenvalue weighted by Gasteiger charge is 2.22. The second kappa shape index (κ2) is 7.79. The number of carbonyl (C=O) groups excluding carboxylic acids is 1. The summed E-state index contributed by atoms with van der Waals surface area (Å²) in [5.74, 6) is -0.457. The van der Waals surface area contributed by atoms with Crippen molar-refractivity contribution >= 4 is 21.6 Å². The molecular weight excluding hydrogens is 350 g/mol. The molecule has 0 aliphatic carbocycles. The van der Waals surface area contributed by atoms with E-state index in [1.54, 1.807) is 30.5 Å². The zero-order valence-corrected chi connectivity index (χ0v) is 14.6. The predicted octanol–water partition coefficient (Wildman–Crippen LogP) is 2.81. The van der Waals surface area contributed by atoms with E-state index in [1.807, 2.05) is 30.3 Å². The van der Waals surface area contributed by atoms with Gasteiger partial charge in [-0.15, -0.1) is 0 Å². The van der Waals surface area contributed by atoms with Crippen molar-refractivity contribution in [2.75, 3.05) is 4.72 Å². The molecule has 0 fully saturated rings. The Labute approximate surface area is 152 Å². The van der Waals surface area contributed by atoms with Crippen LogP contribution in [0.4, 0.5) is 5.69 Å². The monoisotopic (exact) mass is 367 g/mol. The van der Waals surface area contributed by atoms with Gasteiger partial charge in [-0.2, -0.15) is 0 Å². The summed E-state index contributed by atoms with van der Waals surface area (Å²) >= 11 is 0. The van der Waals surface area contributed by atoms with Crippen molar-refractivity contribution in [2.45, 2.75) is 11.4 Å². The van der Waals surface area contributed by atoms with Gasteiger partial charge in [0.05, 0.1) is 17.4 Å². The van der Waals surface area contributed by atoms with Crippen molar-refractivity contribution in [3.8, 4) is 0 Å². The van der Waals surface area contributed by atoms with Crippen LogP contribution in [0.15, 0.2) is 84.0 Å². The maximum atomic E-state index is 12.7. The maximum absolute atomic E-state index is 12.7. The third kappa shape index (κ3) is 4.25. The molecule has 3 aromatic rings. The molecule has 1 heterocycles. The third-order valence-corrected chi connectivity index (χ3v) is 5.07. The highest BCUT2D eigenvalue weighted by atomic mass is 32.2. The van der Waals surface area contributed by atoms with Gasteiger partial charge in [0.15, 0.2) is 0 Å². The summed E-state index contributed by atoms with van der Waals surface area (Å²) < 4.78 is 27.8. The highest BCUT2D eigenvalue weighted by molar-refractivity contribution is 7.92. The van der Waals surface area contributed by atoms with Gasteiger partial charge >= 0.3 is 0 Å². The lowest BCUT2D eigenvalue weighted by Gasteiger charge is -2.12. The number of rotatable bonds is 6. The number of benzene rings is 2. The van der Waals surface area contributed by atoms with Crippen LogP contribution < -0.4 is 10.0 Å². The first kappa shape index (κ1) is 17.6. The van der Waals surface area contributed by atoms with Crippen LogP contribution in [0.2, 0.25) is 0 Å². The minimum atomic E-state index is -3.92. The van der Waals surface area contributed by atoms with Crippen LogP contribution in [0.5, 0.6) is 0 Å². The van der Waals surface area contributed by atoms with Gasteiger partial charge in [0.1, 0.15) is 4.90 Å². The molecule has 0 unspecified atom stereocenters. The van der Waals surface area contributed by atoms with Crippen LogP contribution in [0.1, 0.15) is 15.9 Å². The van der Waals surface area contributed by atoms with E-state index in [9.17, 15) is 13.2 Å². The number of nitrogens with one attached hydrogen (secondary N) is 2. The van der Waals surface area contributed by atoms with E-state index in [0.717, 1.165) is 5.56 Å². The maximum Gasteiger partial charge on any atom is 0.262 e. The summed E-state index contributed by atoms with van der Waals surface area (Å²) in [7, 11) is -3.92. The lowest BCUT2D eigenvalue weighted by atomic mass is 10.2. The van der Waals surface area contributed by atoms with Crippen LogP contribution in [0, 0.1) is 0 Å². The van der Waals surface area contributed by atoms with Crippen molar-refractivity contribution in [1.82, 2.24) is 10.3 Å². The van der Waals surface area contributed by atoms with Gasteiger partial charge in [-0.25, -0.2) is 8.42 Å². The lowest BCUT2D eigenvalue weighted by molar-refractivity contribution is 0.0947. The van der Waals surface area contributed by atoms with Crippen LogP contribution in [0.3, 0.4) is 0 Å².